The van der Waals surface area contributed by atoms with Gasteiger partial charge < -0.3 is 9.88 Å². The van der Waals surface area contributed by atoms with E-state index >= 15 is 0 Å². The van der Waals surface area contributed by atoms with Crippen LogP contribution in [-0.2, 0) is 13.6 Å². The van der Waals surface area contributed by atoms with Crippen LogP contribution in [0, 0.1) is 5.41 Å². The van der Waals surface area contributed by atoms with Crippen LogP contribution in [0.4, 0.5) is 5.82 Å². The van der Waals surface area contributed by atoms with Gasteiger partial charge in [-0.15, -0.1) is 0 Å². The van der Waals surface area contributed by atoms with Crippen LogP contribution in [-0.4, -0.2) is 37.2 Å². The van der Waals surface area contributed by atoms with Crippen molar-refractivity contribution in [2.24, 2.45) is 12.5 Å². The summed E-state index contributed by atoms with van der Waals surface area (Å²) >= 11 is 0. The molecule has 162 valence electrons. The second-order valence-corrected chi connectivity index (χ2v) is 9.92. The third-order valence-corrected chi connectivity index (χ3v) is 6.14. The second kappa shape index (κ2) is 7.25. The summed E-state index contributed by atoms with van der Waals surface area (Å²) in [6.07, 6.45) is 2.20. The molecule has 1 fully saturated rings. The molecule has 0 bridgehead atoms. The molecule has 4 aromatic rings. The standard InChI is InChI=1S/C24H30N6O/c1-24(2,3)15-30-19-11-12-20(27-22(19)28(4)23(30)31)29-13-7-8-16(14-29)21-25-17-9-5-6-10-18(17)26-21/h5-6,9-12,16H,7-8,13-15H2,1-4H3,(H,25,26). The molecule has 0 spiro atoms. The zero-order chi connectivity index (χ0) is 21.8. The highest BCUT2D eigenvalue weighted by Crippen LogP contribution is 2.30. The lowest BCUT2D eigenvalue weighted by atomic mass is 9.97. The lowest BCUT2D eigenvalue weighted by Crippen LogP contribution is -2.35. The molecule has 0 radical (unpaired) electrons. The van der Waals surface area contributed by atoms with Gasteiger partial charge in [0.05, 0.1) is 16.6 Å². The first-order chi connectivity index (χ1) is 14.8. The first-order valence-electron chi connectivity index (χ1n) is 11.1. The number of hydrogen-bond acceptors (Lipinski definition) is 4. The second-order valence-electron chi connectivity index (χ2n) is 9.92. The van der Waals surface area contributed by atoms with E-state index in [0.29, 0.717) is 12.5 Å². The predicted octanol–water partition coefficient (Wildman–Crippen LogP) is 4.04. The average molecular weight is 419 g/mol. The van der Waals surface area contributed by atoms with E-state index in [1.165, 1.54) is 0 Å². The lowest BCUT2D eigenvalue weighted by Gasteiger charge is -2.32. The van der Waals surface area contributed by atoms with E-state index in [1.54, 1.807) is 4.57 Å². The number of aryl methyl sites for hydroxylation is 1. The number of rotatable bonds is 3. The molecule has 7 heteroatoms. The Morgan fingerprint density at radius 3 is 2.71 bits per heavy atom. The van der Waals surface area contributed by atoms with Crippen LogP contribution in [0.3, 0.4) is 0 Å². The first-order valence-corrected chi connectivity index (χ1v) is 11.1. The zero-order valence-electron chi connectivity index (χ0n) is 18.7. The molecule has 1 aliphatic rings. The molecule has 0 amide bonds. The van der Waals surface area contributed by atoms with Gasteiger partial charge in [-0.25, -0.2) is 14.8 Å². The Morgan fingerprint density at radius 1 is 1.13 bits per heavy atom. The Bertz CT molecular complexity index is 1270. The van der Waals surface area contributed by atoms with Crippen LogP contribution in [0.2, 0.25) is 0 Å². The minimum Gasteiger partial charge on any atom is -0.356 e. The van der Waals surface area contributed by atoms with Gasteiger partial charge in [0.25, 0.3) is 0 Å². The molecule has 0 aliphatic carbocycles. The van der Waals surface area contributed by atoms with Gasteiger partial charge in [-0.05, 0) is 42.5 Å². The van der Waals surface area contributed by atoms with Crippen LogP contribution in [0.25, 0.3) is 22.2 Å². The maximum Gasteiger partial charge on any atom is 0.330 e. The SMILES string of the molecule is Cn1c(=O)n(CC(C)(C)C)c2ccc(N3CCCC(c4nc5ccccc5[nH]4)C3)nc21. The molecule has 4 heterocycles. The van der Waals surface area contributed by atoms with Crippen molar-refractivity contribution in [3.05, 3.63) is 52.7 Å². The predicted molar refractivity (Wildman–Crippen MR) is 125 cm³/mol. The first kappa shape index (κ1) is 19.8. The van der Waals surface area contributed by atoms with Gasteiger partial charge in [-0.1, -0.05) is 32.9 Å². The highest BCUT2D eigenvalue weighted by atomic mass is 16.1. The number of para-hydroxylation sites is 2. The van der Waals surface area contributed by atoms with Crippen LogP contribution in [0.5, 0.6) is 0 Å². The van der Waals surface area contributed by atoms with Crippen LogP contribution in [0.1, 0.15) is 45.4 Å². The van der Waals surface area contributed by atoms with Crippen molar-refractivity contribution in [2.45, 2.75) is 46.1 Å². The Kier molecular flexibility index (Phi) is 4.64. The molecule has 3 aromatic heterocycles. The summed E-state index contributed by atoms with van der Waals surface area (Å²) in [5.74, 6) is 2.32. The third kappa shape index (κ3) is 3.62. The highest BCUT2D eigenvalue weighted by Gasteiger charge is 2.26. The quantitative estimate of drug-likeness (QED) is 0.545. The topological polar surface area (TPSA) is 71.7 Å². The van der Waals surface area contributed by atoms with E-state index in [9.17, 15) is 4.79 Å². The number of hydrogen-bond donors (Lipinski definition) is 1. The summed E-state index contributed by atoms with van der Waals surface area (Å²) in [5, 5.41) is 0. The van der Waals surface area contributed by atoms with E-state index in [1.807, 2.05) is 29.8 Å². The van der Waals surface area contributed by atoms with Gasteiger partial charge in [0, 0.05) is 32.6 Å². The summed E-state index contributed by atoms with van der Waals surface area (Å²) in [7, 11) is 1.81. The molecule has 31 heavy (non-hydrogen) atoms. The minimum absolute atomic E-state index is 0.00614. The number of benzene rings is 1. The summed E-state index contributed by atoms with van der Waals surface area (Å²) in [4.78, 5) is 28.4. The number of aromatic amines is 1. The zero-order valence-corrected chi connectivity index (χ0v) is 18.7. The highest BCUT2D eigenvalue weighted by molar-refractivity contribution is 5.75. The number of fused-ring (bicyclic) bond motifs is 2. The fourth-order valence-corrected chi connectivity index (χ4v) is 4.64. The van der Waals surface area contributed by atoms with Crippen molar-refractivity contribution in [1.82, 2.24) is 24.1 Å². The molecule has 1 unspecified atom stereocenters. The maximum atomic E-state index is 12.8. The minimum atomic E-state index is -0.00614. The Labute approximate surface area is 181 Å². The van der Waals surface area contributed by atoms with E-state index in [2.05, 4.69) is 48.9 Å². The van der Waals surface area contributed by atoms with E-state index in [0.717, 1.165) is 59.8 Å². The molecular weight excluding hydrogens is 388 g/mol. The lowest BCUT2D eigenvalue weighted by molar-refractivity contribution is 0.342. The summed E-state index contributed by atoms with van der Waals surface area (Å²) in [6, 6.07) is 12.3. The Balaban J connectivity index is 1.46. The van der Waals surface area contributed by atoms with E-state index in [4.69, 9.17) is 9.97 Å². The van der Waals surface area contributed by atoms with Gasteiger partial charge in [-0.2, -0.15) is 0 Å². The van der Waals surface area contributed by atoms with Gasteiger partial charge in [0.15, 0.2) is 5.65 Å². The Morgan fingerprint density at radius 2 is 1.94 bits per heavy atom. The van der Waals surface area contributed by atoms with Crippen molar-refractivity contribution >= 4 is 28.0 Å². The van der Waals surface area contributed by atoms with Gasteiger partial charge in [0.1, 0.15) is 11.6 Å². The normalized spacial score (nSPS) is 17.7. The molecule has 7 nitrogen and oxygen atoms in total. The number of pyridine rings is 1. The largest absolute Gasteiger partial charge is 0.356 e. The number of piperidine rings is 1. The average Bonchev–Trinajstić information content (AvgIpc) is 3.28. The van der Waals surface area contributed by atoms with Crippen molar-refractivity contribution in [3.8, 4) is 0 Å². The molecule has 1 saturated heterocycles. The molecule has 0 saturated carbocycles. The van der Waals surface area contributed by atoms with Crippen molar-refractivity contribution in [3.63, 3.8) is 0 Å². The van der Waals surface area contributed by atoms with E-state index in [-0.39, 0.29) is 11.1 Å². The number of nitrogens with zero attached hydrogens (tertiary/aromatic N) is 5. The van der Waals surface area contributed by atoms with Crippen molar-refractivity contribution in [1.29, 1.82) is 0 Å². The molecule has 5 rings (SSSR count). The van der Waals surface area contributed by atoms with Gasteiger partial charge >= 0.3 is 5.69 Å². The fourth-order valence-electron chi connectivity index (χ4n) is 4.64. The van der Waals surface area contributed by atoms with Gasteiger partial charge in [-0.3, -0.25) is 9.13 Å². The Hall–Kier alpha value is -3.09. The summed E-state index contributed by atoms with van der Waals surface area (Å²) in [6.45, 7) is 8.94. The summed E-state index contributed by atoms with van der Waals surface area (Å²) < 4.78 is 3.52. The number of imidazole rings is 2. The number of nitrogens with one attached hydrogen (secondary N) is 1. The molecule has 1 N–H and O–H groups in total. The van der Waals surface area contributed by atoms with E-state index < -0.39 is 0 Å². The van der Waals surface area contributed by atoms with Crippen LogP contribution < -0.4 is 10.6 Å². The molecule has 1 aromatic carbocycles. The third-order valence-electron chi connectivity index (χ3n) is 6.14. The monoisotopic (exact) mass is 418 g/mol. The molecule has 1 atom stereocenters. The summed E-state index contributed by atoms with van der Waals surface area (Å²) in [5.41, 5.74) is 3.76. The van der Waals surface area contributed by atoms with Crippen molar-refractivity contribution in [2.75, 3.05) is 18.0 Å². The van der Waals surface area contributed by atoms with Crippen LogP contribution >= 0.6 is 0 Å². The number of aromatic nitrogens is 5. The fraction of sp³-hybridized carbons (Fsp3) is 0.458. The number of anilines is 1. The molecule has 1 aliphatic heterocycles. The maximum absolute atomic E-state index is 12.8. The van der Waals surface area contributed by atoms with Crippen LogP contribution in [0.15, 0.2) is 41.2 Å². The molecular formula is C24H30N6O. The number of H-pyrrole nitrogens is 1. The smallest absolute Gasteiger partial charge is 0.330 e. The van der Waals surface area contributed by atoms with Gasteiger partial charge in [0.2, 0.25) is 0 Å². The van der Waals surface area contributed by atoms with Crippen molar-refractivity contribution < 1.29 is 0 Å².